The summed E-state index contributed by atoms with van der Waals surface area (Å²) in [7, 11) is -3.54. The number of sulfonamides is 1. The van der Waals surface area contributed by atoms with E-state index in [4.69, 9.17) is 4.74 Å². The minimum atomic E-state index is -4.83. The first-order chi connectivity index (χ1) is 14.5. The lowest BCUT2D eigenvalue weighted by molar-refractivity contribution is -0.274. The Hall–Kier alpha value is -3.28. The Morgan fingerprint density at radius 3 is 2.32 bits per heavy atom. The van der Waals surface area contributed by atoms with Gasteiger partial charge in [0.05, 0.1) is 11.3 Å². The zero-order chi connectivity index (χ0) is 23.1. The summed E-state index contributed by atoms with van der Waals surface area (Å²) >= 11 is 0. The average molecular weight is 460 g/mol. The highest BCUT2D eigenvalue weighted by atomic mass is 32.2. The van der Waals surface area contributed by atoms with E-state index in [9.17, 15) is 31.2 Å². The van der Waals surface area contributed by atoms with Crippen LogP contribution in [0.15, 0.2) is 48.5 Å². The third kappa shape index (κ3) is 8.54. The van der Waals surface area contributed by atoms with Gasteiger partial charge in [-0.05, 0) is 48.9 Å². The minimum absolute atomic E-state index is 0.0261. The van der Waals surface area contributed by atoms with Gasteiger partial charge in [0.1, 0.15) is 5.75 Å². The highest BCUT2D eigenvalue weighted by Crippen LogP contribution is 2.24. The summed E-state index contributed by atoms with van der Waals surface area (Å²) in [4.78, 5) is 24.0. The predicted octanol–water partition coefficient (Wildman–Crippen LogP) is 3.53. The molecule has 0 saturated carbocycles. The number of halogens is 3. The van der Waals surface area contributed by atoms with E-state index in [1.165, 1.54) is 36.4 Å². The number of hydrogen-bond acceptors (Lipinski definition) is 6. The molecular weight excluding hydrogens is 441 g/mol. The largest absolute Gasteiger partial charge is 0.573 e. The molecule has 31 heavy (non-hydrogen) atoms. The molecule has 0 aromatic heterocycles. The lowest BCUT2D eigenvalue weighted by atomic mass is 10.2. The fourth-order valence-electron chi connectivity index (χ4n) is 2.36. The van der Waals surface area contributed by atoms with Crippen LogP contribution in [0.5, 0.6) is 5.75 Å². The fourth-order valence-corrected chi connectivity index (χ4v) is 3.49. The number of carbonyl (C=O) groups excluding carboxylic acids is 2. The van der Waals surface area contributed by atoms with Crippen LogP contribution in [-0.2, 0) is 19.6 Å². The van der Waals surface area contributed by atoms with Crippen LogP contribution >= 0.6 is 0 Å². The SMILES string of the molecule is CCCS(=O)(=O)Nc1cccc(C(=O)OCC(=O)Nc2ccc(OC(F)(F)F)cc2)c1. The number of hydrogen-bond donors (Lipinski definition) is 2. The number of esters is 1. The maximum absolute atomic E-state index is 12.1. The van der Waals surface area contributed by atoms with Gasteiger partial charge >= 0.3 is 12.3 Å². The summed E-state index contributed by atoms with van der Waals surface area (Å²) in [5, 5.41) is 2.35. The summed E-state index contributed by atoms with van der Waals surface area (Å²) in [5.41, 5.74) is 0.370. The molecule has 2 N–H and O–H groups in total. The van der Waals surface area contributed by atoms with E-state index < -0.39 is 40.6 Å². The van der Waals surface area contributed by atoms with Gasteiger partial charge in [-0.1, -0.05) is 13.0 Å². The molecule has 12 heteroatoms. The van der Waals surface area contributed by atoms with E-state index in [0.717, 1.165) is 12.1 Å². The molecule has 0 heterocycles. The molecule has 0 unspecified atom stereocenters. The molecule has 2 rings (SSSR count). The van der Waals surface area contributed by atoms with E-state index in [0.29, 0.717) is 6.42 Å². The van der Waals surface area contributed by atoms with Crippen LogP contribution in [0.3, 0.4) is 0 Å². The molecule has 8 nitrogen and oxygen atoms in total. The van der Waals surface area contributed by atoms with Crippen LogP contribution in [0, 0.1) is 0 Å². The lowest BCUT2D eigenvalue weighted by Crippen LogP contribution is -2.21. The molecule has 0 radical (unpaired) electrons. The Morgan fingerprint density at radius 1 is 1.03 bits per heavy atom. The van der Waals surface area contributed by atoms with Crippen molar-refractivity contribution in [1.29, 1.82) is 0 Å². The van der Waals surface area contributed by atoms with Crippen molar-refractivity contribution in [2.75, 3.05) is 22.4 Å². The lowest BCUT2D eigenvalue weighted by Gasteiger charge is -2.10. The van der Waals surface area contributed by atoms with Crippen LogP contribution in [0.25, 0.3) is 0 Å². The number of amides is 1. The van der Waals surface area contributed by atoms with Crippen molar-refractivity contribution in [3.05, 3.63) is 54.1 Å². The van der Waals surface area contributed by atoms with E-state index in [1.807, 2.05) is 0 Å². The van der Waals surface area contributed by atoms with Gasteiger partial charge in [-0.25, -0.2) is 13.2 Å². The highest BCUT2D eigenvalue weighted by molar-refractivity contribution is 7.92. The number of alkyl halides is 3. The third-order valence-corrected chi connectivity index (χ3v) is 5.04. The first-order valence-electron chi connectivity index (χ1n) is 8.91. The van der Waals surface area contributed by atoms with Gasteiger partial charge in [0.2, 0.25) is 10.0 Å². The Balaban J connectivity index is 1.89. The van der Waals surface area contributed by atoms with Gasteiger partial charge in [-0.15, -0.1) is 13.2 Å². The fraction of sp³-hybridized carbons (Fsp3) is 0.263. The Labute approximate surface area is 176 Å². The number of ether oxygens (including phenoxy) is 2. The smallest absolute Gasteiger partial charge is 0.452 e. The maximum Gasteiger partial charge on any atom is 0.573 e. The zero-order valence-electron chi connectivity index (χ0n) is 16.2. The van der Waals surface area contributed by atoms with Gasteiger partial charge < -0.3 is 14.8 Å². The van der Waals surface area contributed by atoms with Crippen molar-refractivity contribution in [1.82, 2.24) is 0 Å². The van der Waals surface area contributed by atoms with Gasteiger partial charge in [-0.2, -0.15) is 0 Å². The average Bonchev–Trinajstić information content (AvgIpc) is 2.66. The molecule has 0 aliphatic carbocycles. The van der Waals surface area contributed by atoms with E-state index in [2.05, 4.69) is 14.8 Å². The number of benzene rings is 2. The normalized spacial score (nSPS) is 11.5. The van der Waals surface area contributed by atoms with Crippen molar-refractivity contribution in [3.8, 4) is 5.75 Å². The number of nitrogens with one attached hydrogen (secondary N) is 2. The summed E-state index contributed by atoms with van der Waals surface area (Å²) in [6.07, 6.45) is -4.41. The van der Waals surface area contributed by atoms with Crippen molar-refractivity contribution >= 4 is 33.3 Å². The summed E-state index contributed by atoms with van der Waals surface area (Å²) in [5.74, 6) is -2.12. The molecule has 1 amide bonds. The standard InChI is InChI=1S/C19H19F3N2O6S/c1-2-10-31(27,28)24-15-5-3-4-13(11-15)18(26)29-12-17(25)23-14-6-8-16(9-7-14)30-19(20,21)22/h3-9,11,24H,2,10,12H2,1H3,(H,23,25). The monoisotopic (exact) mass is 460 g/mol. The molecule has 0 spiro atoms. The second-order valence-corrected chi connectivity index (χ2v) is 8.04. The predicted molar refractivity (Wildman–Crippen MR) is 106 cm³/mol. The van der Waals surface area contributed by atoms with Crippen LogP contribution in [-0.4, -0.2) is 39.0 Å². The van der Waals surface area contributed by atoms with Crippen LogP contribution < -0.4 is 14.8 Å². The van der Waals surface area contributed by atoms with Crippen LogP contribution in [0.1, 0.15) is 23.7 Å². The summed E-state index contributed by atoms with van der Waals surface area (Å²) < 4.78 is 71.0. The number of anilines is 2. The van der Waals surface area contributed by atoms with Gasteiger partial charge in [0.25, 0.3) is 5.91 Å². The Morgan fingerprint density at radius 2 is 1.71 bits per heavy atom. The summed E-state index contributed by atoms with van der Waals surface area (Å²) in [6, 6.07) is 9.97. The molecule has 168 valence electrons. The molecule has 0 aliphatic rings. The van der Waals surface area contributed by atoms with E-state index >= 15 is 0 Å². The molecule has 0 bridgehead atoms. The molecule has 0 atom stereocenters. The van der Waals surface area contributed by atoms with E-state index in [-0.39, 0.29) is 22.7 Å². The molecule has 2 aromatic carbocycles. The van der Waals surface area contributed by atoms with E-state index in [1.54, 1.807) is 6.92 Å². The highest BCUT2D eigenvalue weighted by Gasteiger charge is 2.31. The number of carbonyl (C=O) groups is 2. The molecule has 2 aromatic rings. The zero-order valence-corrected chi connectivity index (χ0v) is 17.0. The van der Waals surface area contributed by atoms with Crippen LogP contribution in [0.4, 0.5) is 24.5 Å². The van der Waals surface area contributed by atoms with Crippen LogP contribution in [0.2, 0.25) is 0 Å². The topological polar surface area (TPSA) is 111 Å². The maximum atomic E-state index is 12.1. The minimum Gasteiger partial charge on any atom is -0.452 e. The molecule has 0 aliphatic heterocycles. The molecule has 0 fully saturated rings. The molecule has 0 saturated heterocycles. The quantitative estimate of drug-likeness (QED) is 0.554. The Bertz CT molecular complexity index is 1020. The summed E-state index contributed by atoms with van der Waals surface area (Å²) in [6.45, 7) is 1.05. The van der Waals surface area contributed by atoms with Crippen molar-refractivity contribution in [3.63, 3.8) is 0 Å². The Kier molecular flexibility index (Phi) is 7.86. The van der Waals surface area contributed by atoms with Gasteiger partial charge in [-0.3, -0.25) is 9.52 Å². The third-order valence-electron chi connectivity index (χ3n) is 3.55. The van der Waals surface area contributed by atoms with Crippen molar-refractivity contribution < 1.29 is 40.7 Å². The van der Waals surface area contributed by atoms with Gasteiger partial charge in [0, 0.05) is 11.4 Å². The molecular formula is C19H19F3N2O6S. The van der Waals surface area contributed by atoms with Crippen molar-refractivity contribution in [2.45, 2.75) is 19.7 Å². The van der Waals surface area contributed by atoms with Gasteiger partial charge in [0.15, 0.2) is 6.61 Å². The van der Waals surface area contributed by atoms with Crippen molar-refractivity contribution in [2.24, 2.45) is 0 Å². The number of rotatable bonds is 9. The second kappa shape index (κ2) is 10.2. The first-order valence-corrected chi connectivity index (χ1v) is 10.6. The second-order valence-electron chi connectivity index (χ2n) is 6.20. The first kappa shape index (κ1) is 24.0.